The van der Waals surface area contributed by atoms with Crippen molar-refractivity contribution in [2.75, 3.05) is 11.1 Å². The van der Waals surface area contributed by atoms with Gasteiger partial charge in [0.05, 0.1) is 5.75 Å². The van der Waals surface area contributed by atoms with Gasteiger partial charge < -0.3 is 15.0 Å². The molecule has 0 radical (unpaired) electrons. The van der Waals surface area contributed by atoms with E-state index in [0.717, 1.165) is 17.3 Å². The first-order valence-electron chi connectivity index (χ1n) is 7.75. The molecule has 2 N–H and O–H groups in total. The fraction of sp³-hybridized carbons (Fsp3) is 0.111. The number of aromatic nitrogens is 3. The molecule has 1 aromatic heterocycles. The molecule has 0 aliphatic rings. The molecule has 1 amide bonds. The van der Waals surface area contributed by atoms with Gasteiger partial charge in [-0.1, -0.05) is 30.0 Å². The summed E-state index contributed by atoms with van der Waals surface area (Å²) in [6.45, 7) is 0. The molecule has 7 nitrogen and oxygen atoms in total. The SMILES string of the molecule is Cn1c(SCC(=O)O)nnc1-c1ccc(NC(=O)c2ccccc2)cc1. The van der Waals surface area contributed by atoms with Crippen LogP contribution in [0.25, 0.3) is 11.4 Å². The Morgan fingerprint density at radius 1 is 1.08 bits per heavy atom. The van der Waals surface area contributed by atoms with E-state index in [2.05, 4.69) is 15.5 Å². The summed E-state index contributed by atoms with van der Waals surface area (Å²) < 4.78 is 1.74. The van der Waals surface area contributed by atoms with Crippen molar-refractivity contribution in [1.82, 2.24) is 14.8 Å². The monoisotopic (exact) mass is 368 g/mol. The van der Waals surface area contributed by atoms with Crippen LogP contribution < -0.4 is 5.32 Å². The quantitative estimate of drug-likeness (QED) is 0.649. The van der Waals surface area contributed by atoms with Crippen LogP contribution in [-0.4, -0.2) is 37.5 Å². The lowest BCUT2D eigenvalue weighted by atomic mass is 10.1. The molecule has 0 aliphatic carbocycles. The number of benzene rings is 2. The van der Waals surface area contributed by atoms with Crippen molar-refractivity contribution < 1.29 is 14.7 Å². The van der Waals surface area contributed by atoms with Gasteiger partial charge in [0.1, 0.15) is 0 Å². The maximum atomic E-state index is 12.2. The minimum absolute atomic E-state index is 0.0730. The number of carbonyl (C=O) groups excluding carboxylic acids is 1. The Kier molecular flexibility index (Phi) is 5.33. The first-order chi connectivity index (χ1) is 12.5. The number of hydrogen-bond donors (Lipinski definition) is 2. The highest BCUT2D eigenvalue weighted by molar-refractivity contribution is 7.99. The standard InChI is InChI=1S/C18H16N4O3S/c1-22-16(20-21-18(22)26-11-15(23)24)12-7-9-14(10-8-12)19-17(25)13-5-3-2-4-6-13/h2-10H,11H2,1H3,(H,19,25)(H,23,24). The van der Waals surface area contributed by atoms with E-state index in [1.54, 1.807) is 35.9 Å². The van der Waals surface area contributed by atoms with Gasteiger partial charge in [-0.3, -0.25) is 9.59 Å². The van der Waals surface area contributed by atoms with E-state index < -0.39 is 5.97 Å². The number of hydrogen-bond acceptors (Lipinski definition) is 5. The van der Waals surface area contributed by atoms with Crippen LogP contribution in [0.1, 0.15) is 10.4 Å². The van der Waals surface area contributed by atoms with Crippen LogP contribution in [0.4, 0.5) is 5.69 Å². The van der Waals surface area contributed by atoms with E-state index in [1.165, 1.54) is 0 Å². The first kappa shape index (κ1) is 17.7. The van der Waals surface area contributed by atoms with Crippen molar-refractivity contribution in [2.45, 2.75) is 5.16 Å². The van der Waals surface area contributed by atoms with Gasteiger partial charge in [-0.15, -0.1) is 10.2 Å². The second kappa shape index (κ2) is 7.83. The molecule has 0 atom stereocenters. The van der Waals surface area contributed by atoms with Crippen LogP contribution in [-0.2, 0) is 11.8 Å². The van der Waals surface area contributed by atoms with Crippen LogP contribution in [0, 0.1) is 0 Å². The Morgan fingerprint density at radius 2 is 1.77 bits per heavy atom. The molecule has 8 heteroatoms. The van der Waals surface area contributed by atoms with Gasteiger partial charge in [-0.2, -0.15) is 0 Å². The summed E-state index contributed by atoms with van der Waals surface area (Å²) in [4.78, 5) is 22.8. The van der Waals surface area contributed by atoms with E-state index in [0.29, 0.717) is 22.2 Å². The number of carbonyl (C=O) groups is 2. The number of thioether (sulfide) groups is 1. The zero-order chi connectivity index (χ0) is 18.5. The summed E-state index contributed by atoms with van der Waals surface area (Å²) in [6.07, 6.45) is 0. The number of nitrogens with zero attached hydrogens (tertiary/aromatic N) is 3. The molecule has 0 unspecified atom stereocenters. The van der Waals surface area contributed by atoms with E-state index in [9.17, 15) is 9.59 Å². The minimum atomic E-state index is -0.905. The van der Waals surface area contributed by atoms with E-state index >= 15 is 0 Å². The predicted molar refractivity (Wildman–Crippen MR) is 99.2 cm³/mol. The molecule has 2 aromatic carbocycles. The van der Waals surface area contributed by atoms with Crippen molar-refractivity contribution >= 4 is 29.3 Å². The van der Waals surface area contributed by atoms with Crippen molar-refractivity contribution in [1.29, 1.82) is 0 Å². The van der Waals surface area contributed by atoms with Crippen molar-refractivity contribution in [2.24, 2.45) is 7.05 Å². The van der Waals surface area contributed by atoms with Crippen LogP contribution in [0.5, 0.6) is 0 Å². The summed E-state index contributed by atoms with van der Waals surface area (Å²) >= 11 is 1.11. The average Bonchev–Trinajstić information content (AvgIpc) is 3.02. The van der Waals surface area contributed by atoms with E-state index in [-0.39, 0.29) is 11.7 Å². The zero-order valence-corrected chi connectivity index (χ0v) is 14.7. The van der Waals surface area contributed by atoms with E-state index in [4.69, 9.17) is 5.11 Å². The second-order valence-electron chi connectivity index (χ2n) is 5.45. The van der Waals surface area contributed by atoms with Gasteiger partial charge in [0, 0.05) is 23.9 Å². The summed E-state index contributed by atoms with van der Waals surface area (Å²) in [5.41, 5.74) is 2.08. The third kappa shape index (κ3) is 4.09. The molecule has 0 aliphatic heterocycles. The van der Waals surface area contributed by atoms with Gasteiger partial charge in [-0.25, -0.2) is 0 Å². The normalized spacial score (nSPS) is 10.5. The lowest BCUT2D eigenvalue weighted by Gasteiger charge is -2.07. The minimum Gasteiger partial charge on any atom is -0.481 e. The van der Waals surface area contributed by atoms with Gasteiger partial charge in [-0.05, 0) is 36.4 Å². The van der Waals surface area contributed by atoms with Crippen LogP contribution in [0.3, 0.4) is 0 Å². The van der Waals surface area contributed by atoms with Gasteiger partial charge >= 0.3 is 5.97 Å². The molecular formula is C18H16N4O3S. The largest absolute Gasteiger partial charge is 0.481 e. The Bertz CT molecular complexity index is 923. The zero-order valence-electron chi connectivity index (χ0n) is 13.9. The Hall–Kier alpha value is -3.13. The molecular weight excluding hydrogens is 352 g/mol. The van der Waals surface area contributed by atoms with Gasteiger partial charge in [0.25, 0.3) is 5.91 Å². The molecule has 0 spiro atoms. The van der Waals surface area contributed by atoms with Crippen LogP contribution >= 0.6 is 11.8 Å². The van der Waals surface area contributed by atoms with Crippen molar-refractivity contribution in [3.63, 3.8) is 0 Å². The number of carboxylic acids is 1. The molecule has 132 valence electrons. The smallest absolute Gasteiger partial charge is 0.313 e. The molecule has 26 heavy (non-hydrogen) atoms. The molecule has 3 rings (SSSR count). The van der Waals surface area contributed by atoms with Crippen molar-refractivity contribution in [3.05, 3.63) is 60.2 Å². The maximum absolute atomic E-state index is 12.2. The molecule has 0 saturated carbocycles. The van der Waals surface area contributed by atoms with E-state index in [1.807, 2.05) is 30.3 Å². The summed E-state index contributed by atoms with van der Waals surface area (Å²) in [5.74, 6) is -0.530. The number of nitrogens with one attached hydrogen (secondary N) is 1. The van der Waals surface area contributed by atoms with Crippen LogP contribution in [0.2, 0.25) is 0 Å². The van der Waals surface area contributed by atoms with Crippen molar-refractivity contribution in [3.8, 4) is 11.4 Å². The molecule has 0 saturated heterocycles. The van der Waals surface area contributed by atoms with Gasteiger partial charge in [0.15, 0.2) is 11.0 Å². The average molecular weight is 368 g/mol. The Morgan fingerprint density at radius 3 is 2.42 bits per heavy atom. The fourth-order valence-corrected chi connectivity index (χ4v) is 2.94. The second-order valence-corrected chi connectivity index (χ2v) is 6.39. The third-order valence-electron chi connectivity index (χ3n) is 3.60. The number of carboxylic acid groups (broad SMARTS) is 1. The molecule has 3 aromatic rings. The summed E-state index contributed by atoms with van der Waals surface area (Å²) in [6, 6.07) is 16.2. The fourth-order valence-electron chi connectivity index (χ4n) is 2.31. The number of rotatable bonds is 6. The first-order valence-corrected chi connectivity index (χ1v) is 8.74. The van der Waals surface area contributed by atoms with Crippen LogP contribution in [0.15, 0.2) is 59.8 Å². The lowest BCUT2D eigenvalue weighted by Crippen LogP contribution is -2.11. The number of aliphatic carboxylic acids is 1. The predicted octanol–water partition coefficient (Wildman–Crippen LogP) is 2.91. The molecule has 0 bridgehead atoms. The lowest BCUT2D eigenvalue weighted by molar-refractivity contribution is -0.133. The highest BCUT2D eigenvalue weighted by Gasteiger charge is 2.13. The number of anilines is 1. The topological polar surface area (TPSA) is 97.1 Å². The Labute approximate surface area is 154 Å². The highest BCUT2D eigenvalue weighted by atomic mass is 32.2. The van der Waals surface area contributed by atoms with Gasteiger partial charge in [0.2, 0.25) is 0 Å². The third-order valence-corrected chi connectivity index (χ3v) is 4.60. The Balaban J connectivity index is 1.72. The summed E-state index contributed by atoms with van der Waals surface area (Å²) in [7, 11) is 1.78. The molecule has 1 heterocycles. The number of amides is 1. The summed E-state index contributed by atoms with van der Waals surface area (Å²) in [5, 5.41) is 20.3. The highest BCUT2D eigenvalue weighted by Crippen LogP contribution is 2.24. The maximum Gasteiger partial charge on any atom is 0.313 e. The molecule has 0 fully saturated rings.